The Kier molecular flexibility index (Phi) is 4.17. The lowest BCUT2D eigenvalue weighted by atomic mass is 9.99. The number of amidine groups is 1. The lowest BCUT2D eigenvalue weighted by Crippen LogP contribution is -2.19. The second-order valence-corrected chi connectivity index (χ2v) is 6.52. The number of hydrogen-bond donors (Lipinski definition) is 1. The van der Waals surface area contributed by atoms with Crippen LogP contribution < -0.4 is 5.32 Å². The first-order chi connectivity index (χ1) is 11.7. The van der Waals surface area contributed by atoms with E-state index in [1.807, 2.05) is 42.5 Å². The summed E-state index contributed by atoms with van der Waals surface area (Å²) in [6.45, 7) is 1.73. The molecular weight excluding hydrogens is 345 g/mol. The maximum Gasteiger partial charge on any atom is 0.161 e. The second-order valence-electron chi connectivity index (χ2n) is 5.71. The third kappa shape index (κ3) is 2.87. The average molecular weight is 360 g/mol. The number of rotatable bonds is 3. The molecule has 2 aromatic rings. The zero-order valence-corrected chi connectivity index (χ0v) is 14.3. The van der Waals surface area contributed by atoms with Gasteiger partial charge in [-0.2, -0.15) is 0 Å². The number of benzene rings is 2. The number of halogens is 2. The highest BCUT2D eigenvalue weighted by molar-refractivity contribution is 6.36. The third-order valence-corrected chi connectivity index (χ3v) is 4.82. The van der Waals surface area contributed by atoms with Crippen LogP contribution in [0.1, 0.15) is 29.2 Å². The Labute approximate surface area is 150 Å². The molecule has 4 rings (SSSR count). The van der Waals surface area contributed by atoms with Gasteiger partial charge in [-0.25, -0.2) is 0 Å². The minimum Gasteiger partial charge on any atom is -0.387 e. The molecule has 6 heteroatoms. The number of oxime groups is 1. The van der Waals surface area contributed by atoms with Crippen molar-refractivity contribution >= 4 is 34.7 Å². The topological polar surface area (TPSA) is 46.0 Å². The van der Waals surface area contributed by atoms with E-state index in [4.69, 9.17) is 28.0 Å². The maximum absolute atomic E-state index is 6.26. The molecular formula is C18H15Cl2N3O. The van der Waals surface area contributed by atoms with Crippen molar-refractivity contribution in [1.82, 2.24) is 5.32 Å². The molecule has 0 spiro atoms. The number of nitrogens with one attached hydrogen (secondary N) is 1. The van der Waals surface area contributed by atoms with Gasteiger partial charge >= 0.3 is 0 Å². The van der Waals surface area contributed by atoms with Crippen LogP contribution in [0.25, 0.3) is 0 Å². The van der Waals surface area contributed by atoms with Gasteiger partial charge in [-0.3, -0.25) is 4.99 Å². The van der Waals surface area contributed by atoms with Crippen molar-refractivity contribution in [2.45, 2.75) is 12.5 Å². The van der Waals surface area contributed by atoms with Gasteiger partial charge in [0.15, 0.2) is 6.10 Å². The van der Waals surface area contributed by atoms with Crippen molar-refractivity contribution in [2.75, 3.05) is 13.1 Å². The zero-order valence-electron chi connectivity index (χ0n) is 12.8. The summed E-state index contributed by atoms with van der Waals surface area (Å²) < 4.78 is 0. The second kappa shape index (κ2) is 6.46. The monoisotopic (exact) mass is 359 g/mol. The summed E-state index contributed by atoms with van der Waals surface area (Å²) in [7, 11) is 0. The van der Waals surface area contributed by atoms with Crippen LogP contribution >= 0.6 is 23.2 Å². The van der Waals surface area contributed by atoms with Crippen LogP contribution in [0.4, 0.5) is 0 Å². The van der Waals surface area contributed by atoms with E-state index in [1.165, 1.54) is 0 Å². The minimum absolute atomic E-state index is 0.248. The molecule has 24 heavy (non-hydrogen) atoms. The van der Waals surface area contributed by atoms with Gasteiger partial charge in [-0.15, -0.1) is 0 Å². The highest BCUT2D eigenvalue weighted by Crippen LogP contribution is 2.38. The van der Waals surface area contributed by atoms with Crippen molar-refractivity contribution in [1.29, 1.82) is 0 Å². The van der Waals surface area contributed by atoms with Crippen LogP contribution in [0.2, 0.25) is 10.0 Å². The molecule has 0 saturated carbocycles. The van der Waals surface area contributed by atoms with Crippen LogP contribution in [-0.4, -0.2) is 24.6 Å². The lowest BCUT2D eigenvalue weighted by Gasteiger charge is -2.12. The molecule has 1 N–H and O–H groups in total. The predicted octanol–water partition coefficient (Wildman–Crippen LogP) is 4.21. The fraction of sp³-hybridized carbons (Fsp3) is 0.222. The molecule has 2 aromatic carbocycles. The number of aliphatic imine (C=N–C) groups is 1. The van der Waals surface area contributed by atoms with Gasteiger partial charge in [-0.05, 0) is 17.7 Å². The van der Waals surface area contributed by atoms with E-state index in [2.05, 4.69) is 15.5 Å². The summed E-state index contributed by atoms with van der Waals surface area (Å²) in [6.07, 6.45) is 0.392. The molecule has 0 radical (unpaired) electrons. The fourth-order valence-electron chi connectivity index (χ4n) is 2.93. The summed E-state index contributed by atoms with van der Waals surface area (Å²) in [6, 6.07) is 13.6. The van der Waals surface area contributed by atoms with Gasteiger partial charge in [0, 0.05) is 34.1 Å². The van der Waals surface area contributed by atoms with Crippen LogP contribution in [0.5, 0.6) is 0 Å². The van der Waals surface area contributed by atoms with E-state index >= 15 is 0 Å². The lowest BCUT2D eigenvalue weighted by molar-refractivity contribution is 0.0859. The van der Waals surface area contributed by atoms with Crippen molar-refractivity contribution in [3.05, 3.63) is 69.2 Å². The predicted molar refractivity (Wildman–Crippen MR) is 97.3 cm³/mol. The Bertz CT molecular complexity index is 810. The van der Waals surface area contributed by atoms with E-state index < -0.39 is 0 Å². The molecule has 0 aliphatic carbocycles. The van der Waals surface area contributed by atoms with Crippen molar-refractivity contribution < 1.29 is 4.84 Å². The SMILES string of the molecule is Clc1cccc(Cl)c1C1CC(c2ccc(C3=NCCN3)cc2)=NO1. The summed E-state index contributed by atoms with van der Waals surface area (Å²) in [5.41, 5.74) is 3.80. The van der Waals surface area contributed by atoms with Gasteiger partial charge in [0.05, 0.1) is 12.3 Å². The van der Waals surface area contributed by atoms with E-state index in [-0.39, 0.29) is 6.10 Å². The molecule has 1 atom stereocenters. The van der Waals surface area contributed by atoms with Crippen LogP contribution in [0, 0.1) is 0 Å². The smallest absolute Gasteiger partial charge is 0.161 e. The van der Waals surface area contributed by atoms with E-state index in [0.717, 1.165) is 41.3 Å². The van der Waals surface area contributed by atoms with Crippen molar-refractivity contribution in [2.24, 2.45) is 10.1 Å². The molecule has 122 valence electrons. The standard InChI is InChI=1S/C18H15Cl2N3O/c19-13-2-1-3-14(20)17(13)16-10-15(23-24-16)11-4-6-12(7-5-11)18-21-8-9-22-18/h1-7,16H,8-10H2,(H,21,22). The molecule has 0 aromatic heterocycles. The molecule has 4 nitrogen and oxygen atoms in total. The molecule has 2 heterocycles. The van der Waals surface area contributed by atoms with Crippen LogP contribution in [0.3, 0.4) is 0 Å². The summed E-state index contributed by atoms with van der Waals surface area (Å²) in [5.74, 6) is 0.951. The largest absolute Gasteiger partial charge is 0.387 e. The van der Waals surface area contributed by atoms with Gasteiger partial charge in [-0.1, -0.05) is 58.7 Å². The molecule has 0 bridgehead atoms. The molecule has 0 amide bonds. The molecule has 0 saturated heterocycles. The number of nitrogens with zero attached hydrogens (tertiary/aromatic N) is 2. The van der Waals surface area contributed by atoms with Gasteiger partial charge in [0.2, 0.25) is 0 Å². The third-order valence-electron chi connectivity index (χ3n) is 4.16. The van der Waals surface area contributed by atoms with Crippen molar-refractivity contribution in [3.63, 3.8) is 0 Å². The average Bonchev–Trinajstić information content (AvgIpc) is 3.27. The highest BCUT2D eigenvalue weighted by Gasteiger charge is 2.27. The quantitative estimate of drug-likeness (QED) is 0.891. The van der Waals surface area contributed by atoms with E-state index in [1.54, 1.807) is 0 Å². The first-order valence-electron chi connectivity index (χ1n) is 7.78. The van der Waals surface area contributed by atoms with Gasteiger partial charge in [0.25, 0.3) is 0 Å². The normalized spacial score (nSPS) is 19.5. The molecule has 2 aliphatic heterocycles. The van der Waals surface area contributed by atoms with Gasteiger partial charge < -0.3 is 10.2 Å². The molecule has 1 unspecified atom stereocenters. The summed E-state index contributed by atoms with van der Waals surface area (Å²) >= 11 is 12.5. The first kappa shape index (κ1) is 15.5. The molecule has 2 aliphatic rings. The Hall–Kier alpha value is -2.04. The molecule has 0 fully saturated rings. The maximum atomic E-state index is 6.26. The fourth-order valence-corrected chi connectivity index (χ4v) is 3.57. The highest BCUT2D eigenvalue weighted by atomic mass is 35.5. The summed E-state index contributed by atoms with van der Waals surface area (Å²) in [4.78, 5) is 10.0. The minimum atomic E-state index is -0.248. The Morgan fingerprint density at radius 1 is 1.00 bits per heavy atom. The van der Waals surface area contributed by atoms with Crippen LogP contribution in [0.15, 0.2) is 52.6 Å². The Balaban J connectivity index is 1.52. The number of hydrogen-bond acceptors (Lipinski definition) is 4. The van der Waals surface area contributed by atoms with E-state index in [0.29, 0.717) is 16.5 Å². The first-order valence-corrected chi connectivity index (χ1v) is 8.54. The van der Waals surface area contributed by atoms with Crippen molar-refractivity contribution in [3.8, 4) is 0 Å². The van der Waals surface area contributed by atoms with Crippen LogP contribution in [-0.2, 0) is 4.84 Å². The zero-order chi connectivity index (χ0) is 16.5. The van der Waals surface area contributed by atoms with E-state index in [9.17, 15) is 0 Å². The Morgan fingerprint density at radius 2 is 1.71 bits per heavy atom. The van der Waals surface area contributed by atoms with Gasteiger partial charge in [0.1, 0.15) is 5.84 Å². The summed E-state index contributed by atoms with van der Waals surface area (Å²) in [5, 5.41) is 8.70. The Morgan fingerprint density at radius 3 is 2.38 bits per heavy atom.